The number of sulfonamides is 1. The first-order valence-corrected chi connectivity index (χ1v) is 11.7. The minimum atomic E-state index is -3.57. The number of aromatic nitrogens is 1. The quantitative estimate of drug-likeness (QED) is 0.543. The smallest absolute Gasteiger partial charge is 0.236 e. The third-order valence-electron chi connectivity index (χ3n) is 3.70. The van der Waals surface area contributed by atoms with E-state index in [2.05, 4.69) is 9.71 Å². The fourth-order valence-corrected chi connectivity index (χ4v) is 5.19. The second kappa shape index (κ2) is 8.93. The van der Waals surface area contributed by atoms with Crippen LogP contribution in [-0.2, 0) is 10.0 Å². The highest BCUT2D eigenvalue weighted by atomic mass is 32.2. The van der Waals surface area contributed by atoms with Gasteiger partial charge in [-0.3, -0.25) is 4.72 Å². The molecule has 28 heavy (non-hydrogen) atoms. The van der Waals surface area contributed by atoms with Crippen molar-refractivity contribution >= 4 is 38.8 Å². The first-order chi connectivity index (χ1) is 13.3. The molecular formula is C19H19FN2O3S3. The van der Waals surface area contributed by atoms with Crippen molar-refractivity contribution in [2.45, 2.75) is 23.1 Å². The van der Waals surface area contributed by atoms with E-state index in [1.165, 1.54) is 24.3 Å². The standard InChI is InChI=1S/C19H19FN2O3S3/c1-13-11-17(27-19-21-14(2)12-26-19)7-8-18(13)22-28(23,24)10-9-25-16-5-3-15(20)4-6-16/h3-8,11-12,22H,9-10H2,1-2H3. The zero-order valence-corrected chi connectivity index (χ0v) is 17.8. The van der Waals surface area contributed by atoms with Crippen molar-refractivity contribution in [3.63, 3.8) is 0 Å². The van der Waals surface area contributed by atoms with Crippen molar-refractivity contribution in [1.29, 1.82) is 0 Å². The zero-order valence-electron chi connectivity index (χ0n) is 15.3. The van der Waals surface area contributed by atoms with Crippen molar-refractivity contribution in [2.24, 2.45) is 0 Å². The average molecular weight is 439 g/mol. The number of rotatable bonds is 8. The number of nitrogens with zero attached hydrogens (tertiary/aromatic N) is 1. The van der Waals surface area contributed by atoms with E-state index >= 15 is 0 Å². The van der Waals surface area contributed by atoms with Crippen LogP contribution in [0.5, 0.6) is 5.75 Å². The molecule has 1 heterocycles. The number of aryl methyl sites for hydroxylation is 2. The number of anilines is 1. The molecular weight excluding hydrogens is 419 g/mol. The fourth-order valence-electron chi connectivity index (χ4n) is 2.31. The fraction of sp³-hybridized carbons (Fsp3) is 0.211. The zero-order chi connectivity index (χ0) is 20.1. The van der Waals surface area contributed by atoms with E-state index in [1.807, 2.05) is 31.4 Å². The van der Waals surface area contributed by atoms with Gasteiger partial charge in [0.15, 0.2) is 4.34 Å². The normalized spacial score (nSPS) is 11.4. The predicted octanol–water partition coefficient (Wildman–Crippen LogP) is 4.87. The second-order valence-corrected chi connectivity index (χ2v) is 10.1. The largest absolute Gasteiger partial charge is 0.492 e. The van der Waals surface area contributed by atoms with Crippen LogP contribution in [0.2, 0.25) is 0 Å². The highest BCUT2D eigenvalue weighted by Gasteiger charge is 2.13. The van der Waals surface area contributed by atoms with E-state index in [-0.39, 0.29) is 18.2 Å². The van der Waals surface area contributed by atoms with Crippen molar-refractivity contribution in [3.05, 3.63) is 64.9 Å². The summed E-state index contributed by atoms with van der Waals surface area (Å²) in [6, 6.07) is 11.0. The number of ether oxygens (including phenoxy) is 1. The van der Waals surface area contributed by atoms with Crippen LogP contribution in [0.4, 0.5) is 10.1 Å². The third kappa shape index (κ3) is 5.95. The summed E-state index contributed by atoms with van der Waals surface area (Å²) < 4.78 is 46.4. The Morgan fingerprint density at radius 1 is 1.18 bits per heavy atom. The molecule has 0 amide bonds. The maximum atomic E-state index is 12.9. The number of thiazole rings is 1. The molecule has 0 saturated heterocycles. The summed E-state index contributed by atoms with van der Waals surface area (Å²) in [5, 5.41) is 1.99. The van der Waals surface area contributed by atoms with Gasteiger partial charge in [-0.25, -0.2) is 17.8 Å². The topological polar surface area (TPSA) is 68.3 Å². The van der Waals surface area contributed by atoms with Crippen molar-refractivity contribution in [1.82, 2.24) is 4.98 Å². The Labute approximate surface area is 172 Å². The second-order valence-electron chi connectivity index (χ2n) is 6.06. The van der Waals surface area contributed by atoms with Crippen LogP contribution in [0, 0.1) is 19.7 Å². The minimum Gasteiger partial charge on any atom is -0.492 e. The number of hydrogen-bond donors (Lipinski definition) is 1. The minimum absolute atomic E-state index is 0.0304. The lowest BCUT2D eigenvalue weighted by Gasteiger charge is -2.12. The lowest BCUT2D eigenvalue weighted by molar-refractivity contribution is 0.340. The van der Waals surface area contributed by atoms with Crippen molar-refractivity contribution < 1.29 is 17.5 Å². The van der Waals surface area contributed by atoms with Crippen LogP contribution < -0.4 is 9.46 Å². The summed E-state index contributed by atoms with van der Waals surface area (Å²) in [7, 11) is -3.57. The molecule has 0 spiro atoms. The summed E-state index contributed by atoms with van der Waals surface area (Å²) >= 11 is 3.12. The summed E-state index contributed by atoms with van der Waals surface area (Å²) in [4.78, 5) is 5.41. The summed E-state index contributed by atoms with van der Waals surface area (Å²) in [6.45, 7) is 3.77. The molecule has 0 radical (unpaired) electrons. The molecule has 0 aliphatic heterocycles. The molecule has 9 heteroatoms. The predicted molar refractivity (Wildman–Crippen MR) is 111 cm³/mol. The van der Waals surface area contributed by atoms with Crippen LogP contribution >= 0.6 is 23.1 Å². The van der Waals surface area contributed by atoms with Crippen LogP contribution in [-0.4, -0.2) is 25.8 Å². The van der Waals surface area contributed by atoms with E-state index in [0.717, 1.165) is 20.5 Å². The molecule has 0 saturated carbocycles. The van der Waals surface area contributed by atoms with Gasteiger partial charge in [0.25, 0.3) is 0 Å². The van der Waals surface area contributed by atoms with Gasteiger partial charge in [0.1, 0.15) is 23.9 Å². The van der Waals surface area contributed by atoms with E-state index < -0.39 is 10.0 Å². The van der Waals surface area contributed by atoms with Gasteiger partial charge in [-0.05, 0) is 61.9 Å². The van der Waals surface area contributed by atoms with Crippen LogP contribution in [0.25, 0.3) is 0 Å². The molecule has 148 valence electrons. The van der Waals surface area contributed by atoms with Crippen LogP contribution in [0.1, 0.15) is 11.3 Å². The SMILES string of the molecule is Cc1csc(Sc2ccc(NS(=O)(=O)CCOc3ccc(F)cc3)c(C)c2)n1. The number of benzene rings is 2. The van der Waals surface area contributed by atoms with Gasteiger partial charge in [0.05, 0.1) is 5.69 Å². The third-order valence-corrected chi connectivity index (χ3v) is 6.98. The molecule has 0 aliphatic rings. The number of hydrogen-bond acceptors (Lipinski definition) is 6. The summed E-state index contributed by atoms with van der Waals surface area (Å²) in [5.41, 5.74) is 2.33. The molecule has 3 aromatic rings. The Balaban J connectivity index is 1.57. The van der Waals surface area contributed by atoms with Gasteiger partial charge in [0.2, 0.25) is 10.0 Å². The van der Waals surface area contributed by atoms with Gasteiger partial charge in [-0.15, -0.1) is 11.3 Å². The first-order valence-electron chi connectivity index (χ1n) is 8.40. The summed E-state index contributed by atoms with van der Waals surface area (Å²) in [6.07, 6.45) is 0. The summed E-state index contributed by atoms with van der Waals surface area (Å²) in [5.74, 6) is -0.158. The lowest BCUT2D eigenvalue weighted by Crippen LogP contribution is -2.21. The molecule has 0 fully saturated rings. The Morgan fingerprint density at radius 3 is 2.57 bits per heavy atom. The van der Waals surface area contributed by atoms with Crippen LogP contribution in [0.15, 0.2) is 57.1 Å². The molecule has 0 unspecified atom stereocenters. The van der Waals surface area contributed by atoms with Crippen LogP contribution in [0.3, 0.4) is 0 Å². The van der Waals surface area contributed by atoms with Gasteiger partial charge in [-0.1, -0.05) is 11.8 Å². The Bertz CT molecular complexity index is 1050. The maximum Gasteiger partial charge on any atom is 0.236 e. The number of nitrogens with one attached hydrogen (secondary N) is 1. The molecule has 2 aromatic carbocycles. The van der Waals surface area contributed by atoms with E-state index in [1.54, 1.807) is 29.2 Å². The van der Waals surface area contributed by atoms with Crippen molar-refractivity contribution in [3.8, 4) is 5.75 Å². The molecule has 0 atom stereocenters. The molecule has 5 nitrogen and oxygen atoms in total. The number of halogens is 1. The van der Waals surface area contributed by atoms with Gasteiger partial charge in [0, 0.05) is 16.0 Å². The molecule has 0 aliphatic carbocycles. The van der Waals surface area contributed by atoms with E-state index in [0.29, 0.717) is 11.4 Å². The Morgan fingerprint density at radius 2 is 1.93 bits per heavy atom. The Hall–Kier alpha value is -2.10. The first kappa shape index (κ1) is 20.6. The maximum absolute atomic E-state index is 12.9. The monoisotopic (exact) mass is 438 g/mol. The van der Waals surface area contributed by atoms with E-state index in [9.17, 15) is 12.8 Å². The highest BCUT2D eigenvalue weighted by Crippen LogP contribution is 2.32. The lowest BCUT2D eigenvalue weighted by atomic mass is 10.2. The van der Waals surface area contributed by atoms with Gasteiger partial charge in [-0.2, -0.15) is 0 Å². The van der Waals surface area contributed by atoms with Crippen molar-refractivity contribution in [2.75, 3.05) is 17.1 Å². The molecule has 0 bridgehead atoms. The molecule has 3 rings (SSSR count). The average Bonchev–Trinajstić information content (AvgIpc) is 3.04. The molecule has 1 aromatic heterocycles. The van der Waals surface area contributed by atoms with Gasteiger partial charge >= 0.3 is 0 Å². The molecule has 1 N–H and O–H groups in total. The highest BCUT2D eigenvalue weighted by molar-refractivity contribution is 8.01. The Kier molecular flexibility index (Phi) is 6.58. The van der Waals surface area contributed by atoms with Gasteiger partial charge < -0.3 is 4.74 Å². The van der Waals surface area contributed by atoms with E-state index in [4.69, 9.17) is 4.74 Å².